The van der Waals surface area contributed by atoms with Gasteiger partial charge in [-0.25, -0.2) is 9.37 Å². The number of nitrogens with two attached hydrogens (primary N) is 4. The second kappa shape index (κ2) is 65.5. The van der Waals surface area contributed by atoms with E-state index in [1.807, 2.05) is 20.1 Å². The molecule has 0 radical (unpaired) electrons. The molecule has 0 spiro atoms. The summed E-state index contributed by atoms with van der Waals surface area (Å²) < 4.78 is 29.8. The lowest BCUT2D eigenvalue weighted by Gasteiger charge is -2.26. The smallest absolute Gasteiger partial charge is 0.305 e. The number of hydrogen-bond donors (Lipinski definition) is 25. The first-order valence-corrected chi connectivity index (χ1v) is 50.1. The van der Waals surface area contributed by atoms with Crippen molar-refractivity contribution in [3.63, 3.8) is 0 Å². The molecular weight excluding hydrogens is 1950 g/mol. The predicted molar refractivity (Wildman–Crippen MR) is 537 cm³/mol. The fraction of sp³-hybridized carbons (Fsp3) is 0.542. The monoisotopic (exact) mass is 2090 g/mol. The van der Waals surface area contributed by atoms with Crippen LogP contribution in [0, 0.1) is 17.7 Å². The Morgan fingerprint density at radius 3 is 1.79 bits per heavy atom. The number of primary amides is 2. The lowest BCUT2D eigenvalue weighted by molar-refractivity contribution is -0.141. The number of para-hydroxylation sites is 1. The molecule has 1 unspecified atom stereocenters. The Labute approximate surface area is 858 Å². The summed E-state index contributed by atoms with van der Waals surface area (Å²) >= 11 is 1.44. The van der Waals surface area contributed by atoms with E-state index in [0.717, 1.165) is 12.1 Å². The molecule has 1 aliphatic rings. The Morgan fingerprint density at radius 2 is 1.12 bits per heavy atom. The molecule has 6 rings (SSSR count). The number of aromatic hydroxyl groups is 1. The van der Waals surface area contributed by atoms with Crippen molar-refractivity contribution >= 4 is 147 Å². The summed E-state index contributed by atoms with van der Waals surface area (Å²) in [6.07, 6.45) is 4.18. The Balaban J connectivity index is 1.07. The Morgan fingerprint density at radius 1 is 0.527 bits per heavy atom. The molecule has 3 aromatic carbocycles. The molecule has 19 amide bonds. The summed E-state index contributed by atoms with van der Waals surface area (Å²) in [5, 5.41) is 64.3. The van der Waals surface area contributed by atoms with E-state index >= 15 is 0 Å². The molecule has 0 saturated carbocycles. The van der Waals surface area contributed by atoms with E-state index in [1.54, 1.807) is 44.3 Å². The molecule has 812 valence electrons. The molecule has 1 saturated heterocycles. The highest BCUT2D eigenvalue weighted by atomic mass is 32.2. The van der Waals surface area contributed by atoms with Gasteiger partial charge in [-0.05, 0) is 155 Å². The number of hydrogen-bond acceptors (Lipinski definition) is 27. The zero-order valence-electron chi connectivity index (χ0n) is 83.6. The number of phenolic OH excluding ortho intramolecular Hbond substituents is 1. The number of carboxylic acid groups (broad SMARTS) is 1. The third-order valence-corrected chi connectivity index (χ3v) is 23.6. The number of H-pyrrole nitrogens is 2. The number of benzene rings is 3. The number of guanidine groups is 1. The minimum Gasteiger partial charge on any atom is -0.508 e. The number of fused-ring (bicyclic) bond motifs is 1. The van der Waals surface area contributed by atoms with Crippen molar-refractivity contribution in [2.24, 2.45) is 39.8 Å². The van der Waals surface area contributed by atoms with Crippen molar-refractivity contribution in [1.29, 1.82) is 0 Å². The van der Waals surface area contributed by atoms with Crippen molar-refractivity contribution in [3.8, 4) is 5.75 Å². The first-order valence-electron chi connectivity index (χ1n) is 48.7. The molecular formula is C96H140FN25O25S. The number of carboxylic acids is 1. The van der Waals surface area contributed by atoms with Gasteiger partial charge in [0.2, 0.25) is 106 Å². The molecule has 1 fully saturated rings. The summed E-state index contributed by atoms with van der Waals surface area (Å²) in [5.74, 6) is -18.2. The third-order valence-electron chi connectivity index (χ3n) is 22.9. The van der Waals surface area contributed by atoms with Crippen LogP contribution in [0.25, 0.3) is 10.9 Å². The van der Waals surface area contributed by atoms with E-state index in [2.05, 4.69) is 110 Å². The Kier molecular flexibility index (Phi) is 53.9. The van der Waals surface area contributed by atoms with E-state index in [9.17, 15) is 110 Å². The number of nitrogens with zero attached hydrogens (tertiary/aromatic N) is 2. The quantitative estimate of drug-likeness (QED) is 0.00997. The van der Waals surface area contributed by atoms with Gasteiger partial charge in [0.15, 0.2) is 5.96 Å². The third kappa shape index (κ3) is 46.6. The number of carbonyl (C=O) groups excluding carboxylic acids is 19. The molecule has 2 aromatic heterocycles. The van der Waals surface area contributed by atoms with Crippen LogP contribution in [0.5, 0.6) is 5.75 Å². The highest BCUT2D eigenvalue weighted by molar-refractivity contribution is 7.98. The number of carbonyl (C=O) groups is 20. The molecule has 3 heterocycles. The number of nitrogens with one attached hydrogen (secondary N) is 19. The van der Waals surface area contributed by atoms with Crippen LogP contribution >= 0.6 is 11.8 Å². The highest BCUT2D eigenvalue weighted by Gasteiger charge is 2.38. The number of aliphatic carboxylic acids is 1. The van der Waals surface area contributed by atoms with Crippen LogP contribution in [-0.4, -0.2) is 313 Å². The second-order valence-corrected chi connectivity index (χ2v) is 36.8. The van der Waals surface area contributed by atoms with Crippen LogP contribution in [0.1, 0.15) is 165 Å². The SMILES string of the molecule is CSCC[C@@H](NC(=O)[C@H](CC(C)C)NC(=O)[C@@H](Cc1cnc[nH]1)NC(=O)CNC(=O)[C@H](NC(=O)[C@H](C)NC(=O)[C@@H](Cc1c[nH]c2ccccc12)NC(=O)[C@H](CCC(N)=O)NC(=O)CCCCCNC(=O)CCC(NC(=O)COCCOCCOCCNC(=O)c1ccc(F)cc1)C(=O)NCCCC[C@H]1NC(=O)[C@@H](CCCN=C(N)N)NC(=O)CNC(=O)[C@@H](CC(=O)O)NC(=O)[C@H](Cc2ccc(O)cc2)NC1=O)C(C)C)C(N)=O. The van der Waals surface area contributed by atoms with Gasteiger partial charge in [-0.3, -0.25) is 101 Å². The maximum atomic E-state index is 14.6. The number of aliphatic imine (C=N–C) groups is 1. The van der Waals surface area contributed by atoms with Crippen LogP contribution in [0.2, 0.25) is 0 Å². The Bertz CT molecular complexity index is 5280. The Hall–Kier alpha value is -15.0. The van der Waals surface area contributed by atoms with Gasteiger partial charge in [0.25, 0.3) is 5.91 Å². The van der Waals surface area contributed by atoms with Gasteiger partial charge in [0.05, 0.1) is 58.9 Å². The fourth-order valence-electron chi connectivity index (χ4n) is 15.0. The van der Waals surface area contributed by atoms with Crippen molar-refractivity contribution < 1.29 is 125 Å². The molecule has 148 heavy (non-hydrogen) atoms. The molecule has 52 heteroatoms. The van der Waals surface area contributed by atoms with Crippen molar-refractivity contribution in [2.45, 2.75) is 229 Å². The first kappa shape index (κ1) is 122. The van der Waals surface area contributed by atoms with E-state index in [1.165, 1.54) is 67.6 Å². The first-order chi connectivity index (χ1) is 70.6. The summed E-state index contributed by atoms with van der Waals surface area (Å²) in [6.45, 7) is 6.39. The number of rotatable bonds is 65. The van der Waals surface area contributed by atoms with Crippen LogP contribution in [0.4, 0.5) is 4.39 Å². The van der Waals surface area contributed by atoms with Crippen molar-refractivity contribution in [2.75, 3.05) is 90.9 Å². The predicted octanol–water partition coefficient (Wildman–Crippen LogP) is -4.20. The van der Waals surface area contributed by atoms with Crippen LogP contribution < -0.4 is 113 Å². The molecule has 5 aromatic rings. The molecule has 50 nitrogen and oxygen atoms in total. The number of unbranched alkanes of at least 4 members (excludes halogenated alkanes) is 3. The lowest BCUT2D eigenvalue weighted by atomic mass is 10.0. The topological polar surface area (TPSA) is 775 Å². The zero-order valence-corrected chi connectivity index (χ0v) is 84.5. The number of aromatic amines is 2. The van der Waals surface area contributed by atoms with Gasteiger partial charge in [0.1, 0.15) is 90.7 Å². The highest BCUT2D eigenvalue weighted by Crippen LogP contribution is 2.22. The fourth-order valence-corrected chi connectivity index (χ4v) is 15.5. The molecule has 12 atom stereocenters. The molecule has 0 aliphatic carbocycles. The minimum atomic E-state index is -1.77. The average molecular weight is 2100 g/mol. The maximum Gasteiger partial charge on any atom is 0.305 e. The summed E-state index contributed by atoms with van der Waals surface area (Å²) in [5.41, 5.74) is 24.4. The van der Waals surface area contributed by atoms with Gasteiger partial charge in [-0.1, -0.05) is 64.4 Å². The molecule has 29 N–H and O–H groups in total. The van der Waals surface area contributed by atoms with E-state index in [-0.39, 0.29) is 179 Å². The van der Waals surface area contributed by atoms with Gasteiger partial charge in [-0.2, -0.15) is 11.8 Å². The van der Waals surface area contributed by atoms with Gasteiger partial charge >= 0.3 is 5.97 Å². The number of imidazole rings is 1. The van der Waals surface area contributed by atoms with Crippen molar-refractivity contribution in [1.82, 2.24) is 105 Å². The minimum absolute atomic E-state index is 0.00132. The van der Waals surface area contributed by atoms with E-state index in [0.29, 0.717) is 46.3 Å². The number of halogens is 1. The van der Waals surface area contributed by atoms with Crippen LogP contribution in [-0.2, 0) is 125 Å². The summed E-state index contributed by atoms with van der Waals surface area (Å²) in [6, 6.07) is 0.728. The van der Waals surface area contributed by atoms with Gasteiger partial charge in [-0.15, -0.1) is 0 Å². The van der Waals surface area contributed by atoms with E-state index < -0.39 is 235 Å². The normalized spacial score (nSPS) is 16.0. The number of phenols is 1. The largest absolute Gasteiger partial charge is 0.508 e. The lowest BCUT2D eigenvalue weighted by Crippen LogP contribution is -2.59. The van der Waals surface area contributed by atoms with Gasteiger partial charge < -0.3 is 148 Å². The number of ether oxygens (including phenoxy) is 3. The van der Waals surface area contributed by atoms with Gasteiger partial charge in [0, 0.05) is 99.3 Å². The number of thioether (sulfide) groups is 1. The second-order valence-electron chi connectivity index (χ2n) is 35.9. The molecule has 1 aliphatic heterocycles. The zero-order chi connectivity index (χ0) is 109. The average Bonchev–Trinajstić information content (AvgIpc) is 1.68. The van der Waals surface area contributed by atoms with Crippen LogP contribution in [0.3, 0.4) is 0 Å². The standard InChI is InChI=1S/C96H140FN25O25S/c1-54(2)43-70(92(141)116-65(83(99)132)32-42-148-6)118-94(143)73(46-61-49-102-53-110-61)115-79(128)51-109-95(144)82(55(3)4)122-84(133)56(5)111-91(140)72(45-59-48-107-64-16-10-9-15-63(59)64)120-90(139)69(28-30-75(98)124)112-77(126)19-8-7-12-33-103-76(125)31-29-68(114-80(129)52-147-41-40-146-39-38-145-37-36-105-85(134)58-22-24-60(97)25-23-58)86(135)104-34-13-11-17-67-89(138)119-71(44-57-20-26-62(123)27-21-57)93(142)121-74(47-81(130)131)87(136)108-50-78(127)113-66(88(137)117-67)18-14-35-106-96(100)101/h9-10,15-16,20-27,48-49,53-56,65-74,82,107,123H,7-8,11-14,17-19,28-47,50-52H2,1-6H3,(H2,98,124)(H2,99,132)(H,102,110)(H,103,125)(H,104,135)(H,105,134)(H,108,136)(H,109,144)(H,111,140)(H,112,126)(H,113,127)(H,114,129)(H,115,128)(H,116,141)(H,117,137)(H,118,143)(H,119,138)(H,120,139)(H,121,142)(H,122,133)(H,130,131)(H4,100,101,106)/t56-,65+,66+,67+,68?,69-,70-,71-,72+,73+,74+,82+/m0/s1. The van der Waals surface area contributed by atoms with Crippen LogP contribution in [0.15, 0.2) is 96.5 Å². The van der Waals surface area contributed by atoms with Crippen molar-refractivity contribution in [3.05, 3.63) is 120 Å². The van der Waals surface area contributed by atoms with E-state index in [4.69, 9.17) is 37.1 Å². The summed E-state index contributed by atoms with van der Waals surface area (Å²) in [7, 11) is 0. The summed E-state index contributed by atoms with van der Waals surface area (Å²) in [4.78, 5) is 286. The number of aromatic nitrogens is 3. The molecule has 0 bridgehead atoms. The maximum absolute atomic E-state index is 14.6. The number of amides is 19.